The number of carbonyl (C=O) groups is 2. The molecule has 0 amide bonds. The van der Waals surface area contributed by atoms with E-state index in [0.717, 1.165) is 6.07 Å². The van der Waals surface area contributed by atoms with E-state index in [0.29, 0.717) is 5.56 Å². The molecule has 1 rings (SSSR count). The molecule has 6 heteroatoms. The number of aromatic carboxylic acids is 2. The molecule has 0 aliphatic carbocycles. The first-order valence-electron chi connectivity index (χ1n) is 3.80. The molecule has 5 nitrogen and oxygen atoms in total. The summed E-state index contributed by atoms with van der Waals surface area (Å²) >= 11 is 0. The summed E-state index contributed by atoms with van der Waals surface area (Å²) in [6.07, 6.45) is 0. The summed E-state index contributed by atoms with van der Waals surface area (Å²) in [6, 6.07) is 2.40. The second-order valence-electron chi connectivity index (χ2n) is 2.86. The second-order valence-corrected chi connectivity index (χ2v) is 2.86. The molecule has 0 heterocycles. The van der Waals surface area contributed by atoms with Crippen LogP contribution in [0.3, 0.4) is 0 Å². The summed E-state index contributed by atoms with van der Waals surface area (Å²) in [5, 5.41) is 17.4. The van der Waals surface area contributed by atoms with Crippen molar-refractivity contribution in [1.29, 1.82) is 0 Å². The average Bonchev–Trinajstić information content (AvgIpc) is 2.08. The van der Waals surface area contributed by atoms with Crippen molar-refractivity contribution in [3.63, 3.8) is 0 Å². The van der Waals surface area contributed by atoms with Crippen LogP contribution >= 0.6 is 0 Å². The molecular formula is C9H10NNaO4. The topological polar surface area (TPSA) is 101 Å². The Morgan fingerprint density at radius 2 is 1.53 bits per heavy atom. The van der Waals surface area contributed by atoms with Gasteiger partial charge in [0, 0.05) is 5.69 Å². The molecule has 0 aliphatic heterocycles. The van der Waals surface area contributed by atoms with E-state index in [9.17, 15) is 9.59 Å². The molecule has 0 spiro atoms. The van der Waals surface area contributed by atoms with E-state index >= 15 is 0 Å². The molecule has 0 fully saturated rings. The number of hydrogen-bond donors (Lipinski definition) is 3. The average molecular weight is 219 g/mol. The van der Waals surface area contributed by atoms with Gasteiger partial charge in [-0.25, -0.2) is 9.59 Å². The van der Waals surface area contributed by atoms with Crippen LogP contribution < -0.4 is 5.73 Å². The molecule has 76 valence electrons. The standard InChI is InChI=1S/C9H9NO4.Na.H/c1-4-2-5(8(11)12)6(9(13)14)3-7(4)10;;/h2-3H,10H2,1H3,(H,11,12)(H,13,14);;. The summed E-state index contributed by atoms with van der Waals surface area (Å²) in [6.45, 7) is 1.62. The van der Waals surface area contributed by atoms with Crippen molar-refractivity contribution in [2.24, 2.45) is 0 Å². The molecule has 0 bridgehead atoms. The van der Waals surface area contributed by atoms with Crippen LogP contribution in [0.1, 0.15) is 26.3 Å². The van der Waals surface area contributed by atoms with Crippen LogP contribution in [0.15, 0.2) is 12.1 Å². The Labute approximate surface area is 108 Å². The third-order valence-corrected chi connectivity index (χ3v) is 1.87. The first kappa shape index (κ1) is 14.0. The Kier molecular flexibility index (Phi) is 4.80. The van der Waals surface area contributed by atoms with E-state index in [1.165, 1.54) is 6.07 Å². The van der Waals surface area contributed by atoms with Gasteiger partial charge in [-0.2, -0.15) is 0 Å². The fourth-order valence-electron chi connectivity index (χ4n) is 1.08. The summed E-state index contributed by atoms with van der Waals surface area (Å²) in [4.78, 5) is 21.4. The SMILES string of the molecule is Cc1cc(C(=O)O)c(C(=O)O)cc1N.[NaH]. The minimum absolute atomic E-state index is 0. The van der Waals surface area contributed by atoms with Crippen molar-refractivity contribution in [3.05, 3.63) is 28.8 Å². The molecule has 0 aromatic heterocycles. The van der Waals surface area contributed by atoms with Crippen LogP contribution in [0.4, 0.5) is 5.69 Å². The number of aryl methyl sites for hydroxylation is 1. The zero-order valence-corrected chi connectivity index (χ0v) is 7.44. The first-order chi connectivity index (χ1) is 6.43. The summed E-state index contributed by atoms with van der Waals surface area (Å²) in [5.74, 6) is -2.57. The Morgan fingerprint density at radius 3 is 1.93 bits per heavy atom. The molecule has 0 unspecified atom stereocenters. The maximum absolute atomic E-state index is 10.7. The Morgan fingerprint density at radius 1 is 1.13 bits per heavy atom. The predicted molar refractivity (Wildman–Crippen MR) is 56.7 cm³/mol. The molecule has 1 aromatic rings. The second kappa shape index (κ2) is 5.16. The van der Waals surface area contributed by atoms with Gasteiger partial charge in [0.1, 0.15) is 0 Å². The van der Waals surface area contributed by atoms with Crippen molar-refractivity contribution in [2.45, 2.75) is 6.92 Å². The Balaban J connectivity index is 0.00000196. The Bertz CT molecular complexity index is 378. The van der Waals surface area contributed by atoms with Gasteiger partial charge in [0.05, 0.1) is 11.1 Å². The molecule has 0 aliphatic rings. The normalized spacial score (nSPS) is 9.13. The third-order valence-electron chi connectivity index (χ3n) is 1.87. The number of carboxylic acid groups (broad SMARTS) is 2. The third kappa shape index (κ3) is 2.95. The van der Waals surface area contributed by atoms with Crippen LogP contribution in [0.25, 0.3) is 0 Å². The van der Waals surface area contributed by atoms with E-state index in [1.54, 1.807) is 6.92 Å². The monoisotopic (exact) mass is 219 g/mol. The number of nitrogen functional groups attached to an aromatic ring is 1. The van der Waals surface area contributed by atoms with Gasteiger partial charge in [0.25, 0.3) is 0 Å². The molecule has 4 N–H and O–H groups in total. The van der Waals surface area contributed by atoms with Gasteiger partial charge < -0.3 is 15.9 Å². The van der Waals surface area contributed by atoms with E-state index in [-0.39, 0.29) is 46.4 Å². The summed E-state index contributed by atoms with van der Waals surface area (Å²) in [5.41, 5.74) is 5.75. The van der Waals surface area contributed by atoms with Crippen molar-refractivity contribution >= 4 is 47.2 Å². The molecule has 0 atom stereocenters. The predicted octanol–water partition coefficient (Wildman–Crippen LogP) is 0.325. The van der Waals surface area contributed by atoms with Crippen LogP contribution in [-0.4, -0.2) is 51.7 Å². The number of rotatable bonds is 2. The number of anilines is 1. The summed E-state index contributed by atoms with van der Waals surface area (Å²) < 4.78 is 0. The van der Waals surface area contributed by atoms with E-state index in [4.69, 9.17) is 15.9 Å². The molecule has 0 saturated heterocycles. The van der Waals surface area contributed by atoms with E-state index in [1.807, 2.05) is 0 Å². The zero-order valence-electron chi connectivity index (χ0n) is 7.44. The van der Waals surface area contributed by atoms with Crippen molar-refractivity contribution < 1.29 is 19.8 Å². The van der Waals surface area contributed by atoms with Gasteiger partial charge in [-0.1, -0.05) is 0 Å². The van der Waals surface area contributed by atoms with Crippen molar-refractivity contribution in [2.75, 3.05) is 5.73 Å². The minimum atomic E-state index is -1.30. The molecule has 0 radical (unpaired) electrons. The zero-order chi connectivity index (χ0) is 10.9. The van der Waals surface area contributed by atoms with Gasteiger partial charge >= 0.3 is 41.5 Å². The number of benzene rings is 1. The molecule has 15 heavy (non-hydrogen) atoms. The summed E-state index contributed by atoms with van der Waals surface area (Å²) in [7, 11) is 0. The first-order valence-corrected chi connectivity index (χ1v) is 3.80. The van der Waals surface area contributed by atoms with Gasteiger partial charge in [0.2, 0.25) is 0 Å². The van der Waals surface area contributed by atoms with Crippen LogP contribution in [0, 0.1) is 6.92 Å². The fourth-order valence-corrected chi connectivity index (χ4v) is 1.08. The van der Waals surface area contributed by atoms with Gasteiger partial charge in [-0.15, -0.1) is 0 Å². The van der Waals surface area contributed by atoms with Gasteiger partial charge in [0.15, 0.2) is 0 Å². The van der Waals surface area contributed by atoms with Crippen LogP contribution in [-0.2, 0) is 0 Å². The van der Waals surface area contributed by atoms with Crippen molar-refractivity contribution in [1.82, 2.24) is 0 Å². The number of hydrogen-bond acceptors (Lipinski definition) is 3. The maximum atomic E-state index is 10.7. The van der Waals surface area contributed by atoms with E-state index in [2.05, 4.69) is 0 Å². The van der Waals surface area contributed by atoms with Gasteiger partial charge in [-0.05, 0) is 24.6 Å². The number of carboxylic acids is 2. The molecular weight excluding hydrogens is 209 g/mol. The van der Waals surface area contributed by atoms with Gasteiger partial charge in [-0.3, -0.25) is 0 Å². The van der Waals surface area contributed by atoms with Crippen LogP contribution in [0.2, 0.25) is 0 Å². The molecule has 1 aromatic carbocycles. The van der Waals surface area contributed by atoms with E-state index < -0.39 is 11.9 Å². The fraction of sp³-hybridized carbons (Fsp3) is 0.111. The number of nitrogens with two attached hydrogens (primary N) is 1. The Hall–Kier alpha value is -1.04. The molecule has 0 saturated carbocycles. The van der Waals surface area contributed by atoms with Crippen LogP contribution in [0.5, 0.6) is 0 Å². The quantitative estimate of drug-likeness (QED) is 0.491. The van der Waals surface area contributed by atoms with Crippen molar-refractivity contribution in [3.8, 4) is 0 Å².